The second kappa shape index (κ2) is 7.11. The summed E-state index contributed by atoms with van der Waals surface area (Å²) >= 11 is 1.65. The normalized spacial score (nSPS) is 18.0. The molecule has 0 radical (unpaired) electrons. The molecule has 4 heterocycles. The Morgan fingerprint density at radius 1 is 1.17 bits per heavy atom. The SMILES string of the molecule is c1cnc(N2CCCC(NCc3cccn3-c3nccs3)C2)nc1. The molecule has 3 aromatic heterocycles. The fourth-order valence-electron chi connectivity index (χ4n) is 3.11. The van der Waals surface area contributed by atoms with Crippen molar-refractivity contribution in [3.63, 3.8) is 0 Å². The third-order valence-electron chi connectivity index (χ3n) is 4.29. The number of anilines is 1. The van der Waals surface area contributed by atoms with Crippen molar-refractivity contribution < 1.29 is 0 Å². The van der Waals surface area contributed by atoms with E-state index in [2.05, 4.69) is 48.1 Å². The molecule has 6 nitrogen and oxygen atoms in total. The Bertz CT molecular complexity index is 755. The minimum absolute atomic E-state index is 0.446. The van der Waals surface area contributed by atoms with Gasteiger partial charge >= 0.3 is 0 Å². The second-order valence-corrected chi connectivity index (χ2v) is 6.77. The van der Waals surface area contributed by atoms with E-state index in [1.807, 2.05) is 17.6 Å². The predicted octanol–water partition coefficient (Wildman–Crippen LogP) is 2.48. The van der Waals surface area contributed by atoms with Gasteiger partial charge in [0.1, 0.15) is 0 Å². The third kappa shape index (κ3) is 3.32. The first-order valence-electron chi connectivity index (χ1n) is 8.21. The van der Waals surface area contributed by atoms with Crippen LogP contribution in [0.15, 0.2) is 48.4 Å². The zero-order chi connectivity index (χ0) is 16.2. The number of hydrogen-bond acceptors (Lipinski definition) is 6. The Kier molecular flexibility index (Phi) is 4.53. The van der Waals surface area contributed by atoms with Gasteiger partial charge in [-0.25, -0.2) is 15.0 Å². The molecule has 0 amide bonds. The maximum absolute atomic E-state index is 4.39. The van der Waals surface area contributed by atoms with Gasteiger partial charge in [0.2, 0.25) is 5.95 Å². The van der Waals surface area contributed by atoms with Gasteiger partial charge in [-0.15, -0.1) is 11.3 Å². The van der Waals surface area contributed by atoms with Crippen molar-refractivity contribution in [2.45, 2.75) is 25.4 Å². The molecule has 1 unspecified atom stereocenters. The lowest BCUT2D eigenvalue weighted by Gasteiger charge is -2.33. The first kappa shape index (κ1) is 15.3. The fourth-order valence-corrected chi connectivity index (χ4v) is 3.77. The molecule has 0 aromatic carbocycles. The van der Waals surface area contributed by atoms with E-state index in [9.17, 15) is 0 Å². The van der Waals surface area contributed by atoms with E-state index in [1.165, 1.54) is 12.1 Å². The first-order valence-corrected chi connectivity index (χ1v) is 9.09. The van der Waals surface area contributed by atoms with Crippen LogP contribution in [0.1, 0.15) is 18.5 Å². The topological polar surface area (TPSA) is 58.9 Å². The zero-order valence-electron chi connectivity index (χ0n) is 13.4. The van der Waals surface area contributed by atoms with Crippen LogP contribution in [0.4, 0.5) is 5.95 Å². The van der Waals surface area contributed by atoms with Crippen LogP contribution >= 0.6 is 11.3 Å². The highest BCUT2D eigenvalue weighted by atomic mass is 32.1. The number of rotatable bonds is 5. The summed E-state index contributed by atoms with van der Waals surface area (Å²) < 4.78 is 2.15. The monoisotopic (exact) mass is 340 g/mol. The summed E-state index contributed by atoms with van der Waals surface area (Å²) in [7, 11) is 0. The number of hydrogen-bond donors (Lipinski definition) is 1. The average molecular weight is 340 g/mol. The Labute approximate surface area is 145 Å². The molecule has 0 saturated carbocycles. The molecule has 0 bridgehead atoms. The van der Waals surface area contributed by atoms with Gasteiger partial charge < -0.3 is 10.2 Å². The van der Waals surface area contributed by atoms with Crippen molar-refractivity contribution in [1.29, 1.82) is 0 Å². The van der Waals surface area contributed by atoms with Gasteiger partial charge in [-0.2, -0.15) is 0 Å². The highest BCUT2D eigenvalue weighted by Gasteiger charge is 2.21. The maximum Gasteiger partial charge on any atom is 0.225 e. The number of nitrogens with one attached hydrogen (secondary N) is 1. The molecule has 1 N–H and O–H groups in total. The lowest BCUT2D eigenvalue weighted by molar-refractivity contribution is 0.415. The Hall–Kier alpha value is -2.25. The number of piperidine rings is 1. The van der Waals surface area contributed by atoms with Crippen LogP contribution in [-0.4, -0.2) is 38.7 Å². The molecule has 7 heteroatoms. The quantitative estimate of drug-likeness (QED) is 0.773. The van der Waals surface area contributed by atoms with E-state index >= 15 is 0 Å². The van der Waals surface area contributed by atoms with Crippen molar-refractivity contribution >= 4 is 17.3 Å². The minimum Gasteiger partial charge on any atom is -0.339 e. The fraction of sp³-hybridized carbons (Fsp3) is 0.353. The van der Waals surface area contributed by atoms with Crippen LogP contribution in [0.2, 0.25) is 0 Å². The van der Waals surface area contributed by atoms with Crippen molar-refractivity contribution in [2.24, 2.45) is 0 Å². The van der Waals surface area contributed by atoms with Crippen LogP contribution in [0.25, 0.3) is 5.13 Å². The van der Waals surface area contributed by atoms with E-state index in [-0.39, 0.29) is 0 Å². The maximum atomic E-state index is 4.39. The van der Waals surface area contributed by atoms with Crippen LogP contribution in [0.5, 0.6) is 0 Å². The number of nitrogens with zero attached hydrogens (tertiary/aromatic N) is 5. The van der Waals surface area contributed by atoms with E-state index in [0.717, 1.165) is 37.1 Å². The molecular formula is C17H20N6S. The van der Waals surface area contributed by atoms with Gasteiger partial charge in [-0.05, 0) is 31.0 Å². The minimum atomic E-state index is 0.446. The Balaban J connectivity index is 1.39. The first-order chi connectivity index (χ1) is 11.9. The molecule has 1 atom stereocenters. The van der Waals surface area contributed by atoms with Crippen LogP contribution in [-0.2, 0) is 6.54 Å². The standard InChI is InChI=1S/C17H20N6S/c1-4-14(13-22(9-1)16-18-6-3-7-19-16)21-12-15-5-2-10-23(15)17-20-8-11-24-17/h2-3,5-8,10-11,14,21H,1,4,9,12-13H2. The van der Waals surface area contributed by atoms with Crippen LogP contribution in [0, 0.1) is 0 Å². The lowest BCUT2D eigenvalue weighted by Crippen LogP contribution is -2.46. The van der Waals surface area contributed by atoms with E-state index in [4.69, 9.17) is 0 Å². The molecule has 1 saturated heterocycles. The van der Waals surface area contributed by atoms with Crippen molar-refractivity contribution in [1.82, 2.24) is 24.8 Å². The van der Waals surface area contributed by atoms with Gasteiger partial charge in [0.25, 0.3) is 0 Å². The molecular weight excluding hydrogens is 320 g/mol. The molecule has 0 aliphatic carbocycles. The summed E-state index contributed by atoms with van der Waals surface area (Å²) in [6, 6.07) is 6.52. The highest BCUT2D eigenvalue weighted by molar-refractivity contribution is 7.12. The molecule has 24 heavy (non-hydrogen) atoms. The molecule has 124 valence electrons. The summed E-state index contributed by atoms with van der Waals surface area (Å²) in [5.74, 6) is 0.829. The average Bonchev–Trinajstić information content (AvgIpc) is 3.32. The van der Waals surface area contributed by atoms with Crippen molar-refractivity contribution in [3.8, 4) is 5.13 Å². The predicted molar refractivity (Wildman–Crippen MR) is 95.5 cm³/mol. The zero-order valence-corrected chi connectivity index (χ0v) is 14.2. The Morgan fingerprint density at radius 2 is 2.08 bits per heavy atom. The van der Waals surface area contributed by atoms with Gasteiger partial charge in [-0.3, -0.25) is 4.57 Å². The van der Waals surface area contributed by atoms with Gasteiger partial charge in [0.15, 0.2) is 5.13 Å². The van der Waals surface area contributed by atoms with E-state index < -0.39 is 0 Å². The third-order valence-corrected chi connectivity index (χ3v) is 5.06. The summed E-state index contributed by atoms with van der Waals surface area (Å²) in [5.41, 5.74) is 1.23. The largest absolute Gasteiger partial charge is 0.339 e. The summed E-state index contributed by atoms with van der Waals surface area (Å²) in [6.45, 7) is 2.81. The number of aromatic nitrogens is 4. The van der Waals surface area contributed by atoms with Crippen molar-refractivity contribution in [2.75, 3.05) is 18.0 Å². The van der Waals surface area contributed by atoms with Gasteiger partial charge in [0.05, 0.1) is 0 Å². The summed E-state index contributed by atoms with van der Waals surface area (Å²) in [6.07, 6.45) is 9.86. The van der Waals surface area contributed by atoms with Crippen molar-refractivity contribution in [3.05, 3.63) is 54.1 Å². The van der Waals surface area contributed by atoms with Gasteiger partial charge in [-0.1, -0.05) is 0 Å². The molecule has 0 spiro atoms. The highest BCUT2D eigenvalue weighted by Crippen LogP contribution is 2.18. The molecule has 3 aromatic rings. The molecule has 1 fully saturated rings. The van der Waals surface area contributed by atoms with Crippen LogP contribution in [0.3, 0.4) is 0 Å². The van der Waals surface area contributed by atoms with E-state index in [0.29, 0.717) is 6.04 Å². The molecule has 4 rings (SSSR count). The van der Waals surface area contributed by atoms with Crippen LogP contribution < -0.4 is 10.2 Å². The summed E-state index contributed by atoms with van der Waals surface area (Å²) in [4.78, 5) is 15.4. The van der Waals surface area contributed by atoms with Gasteiger partial charge in [0, 0.05) is 61.5 Å². The van der Waals surface area contributed by atoms with E-state index in [1.54, 1.807) is 23.7 Å². The molecule has 1 aliphatic heterocycles. The lowest BCUT2D eigenvalue weighted by atomic mass is 10.1. The number of thiazole rings is 1. The second-order valence-electron chi connectivity index (χ2n) is 5.90. The Morgan fingerprint density at radius 3 is 2.92 bits per heavy atom. The smallest absolute Gasteiger partial charge is 0.225 e. The summed E-state index contributed by atoms with van der Waals surface area (Å²) in [5, 5.41) is 6.70. The molecule has 1 aliphatic rings.